The Bertz CT molecular complexity index is 222. The van der Waals surface area contributed by atoms with Gasteiger partial charge in [-0.1, -0.05) is 6.42 Å². The van der Waals surface area contributed by atoms with E-state index in [1.807, 2.05) is 0 Å². The van der Waals surface area contributed by atoms with Crippen LogP contribution in [-0.4, -0.2) is 37.6 Å². The summed E-state index contributed by atoms with van der Waals surface area (Å²) in [6.45, 7) is 6.72. The van der Waals surface area contributed by atoms with E-state index >= 15 is 0 Å². The van der Waals surface area contributed by atoms with E-state index < -0.39 is 0 Å². The Morgan fingerprint density at radius 3 is 2.44 bits per heavy atom. The second kappa shape index (κ2) is 5.24. The van der Waals surface area contributed by atoms with Gasteiger partial charge in [-0.15, -0.1) is 12.4 Å². The highest BCUT2D eigenvalue weighted by Crippen LogP contribution is 2.48. The zero-order valence-corrected chi connectivity index (χ0v) is 11.0. The number of halogens is 1. The summed E-state index contributed by atoms with van der Waals surface area (Å²) in [6.07, 6.45) is 8.86. The van der Waals surface area contributed by atoms with Gasteiger partial charge in [-0.05, 0) is 63.1 Å². The van der Waals surface area contributed by atoms with E-state index in [4.69, 9.17) is 0 Å². The van der Waals surface area contributed by atoms with Crippen LogP contribution in [0.2, 0.25) is 0 Å². The number of hydrogen-bond acceptors (Lipinski definition) is 2. The van der Waals surface area contributed by atoms with Crippen molar-refractivity contribution in [1.29, 1.82) is 0 Å². The fourth-order valence-electron chi connectivity index (χ4n) is 3.70. The number of nitrogens with zero attached hydrogens (tertiary/aromatic N) is 1. The van der Waals surface area contributed by atoms with E-state index in [-0.39, 0.29) is 12.4 Å². The molecule has 3 rings (SSSR count). The molecule has 2 aliphatic heterocycles. The van der Waals surface area contributed by atoms with Crippen LogP contribution in [0.5, 0.6) is 0 Å². The maximum atomic E-state index is 3.46. The second-order valence-corrected chi connectivity index (χ2v) is 6.03. The summed E-state index contributed by atoms with van der Waals surface area (Å²) in [5.41, 5.74) is 0.799. The zero-order valence-electron chi connectivity index (χ0n) is 10.2. The van der Waals surface area contributed by atoms with E-state index in [0.29, 0.717) is 0 Å². The molecule has 0 aromatic rings. The van der Waals surface area contributed by atoms with Gasteiger partial charge in [0.1, 0.15) is 0 Å². The predicted molar refractivity (Wildman–Crippen MR) is 70.2 cm³/mol. The van der Waals surface area contributed by atoms with Gasteiger partial charge in [-0.3, -0.25) is 0 Å². The first-order valence-electron chi connectivity index (χ1n) is 6.79. The van der Waals surface area contributed by atoms with E-state index in [0.717, 1.165) is 11.3 Å². The van der Waals surface area contributed by atoms with Crippen molar-refractivity contribution in [1.82, 2.24) is 10.2 Å². The topological polar surface area (TPSA) is 15.3 Å². The lowest BCUT2D eigenvalue weighted by atomic mass is 9.68. The molecule has 2 nitrogen and oxygen atoms in total. The minimum Gasteiger partial charge on any atom is -0.317 e. The SMILES string of the molecule is C1CC2(C1)CCN(CC1CCNCC1)C2.Cl. The molecular weight excluding hydrogens is 220 g/mol. The van der Waals surface area contributed by atoms with Crippen molar-refractivity contribution in [3.05, 3.63) is 0 Å². The molecule has 3 fully saturated rings. The summed E-state index contributed by atoms with van der Waals surface area (Å²) in [7, 11) is 0. The molecule has 0 aromatic carbocycles. The molecular formula is C13H25ClN2. The normalized spacial score (nSPS) is 30.0. The van der Waals surface area contributed by atoms with Gasteiger partial charge in [0.05, 0.1) is 0 Å². The van der Waals surface area contributed by atoms with Gasteiger partial charge in [-0.2, -0.15) is 0 Å². The number of piperidine rings is 1. The van der Waals surface area contributed by atoms with Crippen molar-refractivity contribution in [2.24, 2.45) is 11.3 Å². The summed E-state index contributed by atoms with van der Waals surface area (Å²) < 4.78 is 0. The van der Waals surface area contributed by atoms with Crippen molar-refractivity contribution in [2.45, 2.75) is 38.5 Å². The van der Waals surface area contributed by atoms with Crippen LogP contribution in [-0.2, 0) is 0 Å². The van der Waals surface area contributed by atoms with Crippen molar-refractivity contribution < 1.29 is 0 Å². The van der Waals surface area contributed by atoms with Gasteiger partial charge in [0, 0.05) is 13.1 Å². The molecule has 1 saturated carbocycles. The lowest BCUT2D eigenvalue weighted by Crippen LogP contribution is -2.37. The molecule has 3 heteroatoms. The first-order chi connectivity index (χ1) is 7.36. The summed E-state index contributed by atoms with van der Waals surface area (Å²) in [5, 5.41) is 3.46. The first kappa shape index (κ1) is 12.7. The molecule has 0 unspecified atom stereocenters. The smallest absolute Gasteiger partial charge is 0.00386 e. The Hall–Kier alpha value is 0.210. The number of hydrogen-bond donors (Lipinski definition) is 1. The summed E-state index contributed by atoms with van der Waals surface area (Å²) in [6, 6.07) is 0. The molecule has 1 spiro atoms. The minimum absolute atomic E-state index is 0. The Balaban J connectivity index is 0.000000963. The van der Waals surface area contributed by atoms with E-state index in [9.17, 15) is 0 Å². The monoisotopic (exact) mass is 244 g/mol. The molecule has 3 aliphatic rings. The average Bonchev–Trinajstić information content (AvgIpc) is 2.63. The van der Waals surface area contributed by atoms with Crippen LogP contribution in [0.4, 0.5) is 0 Å². The van der Waals surface area contributed by atoms with Gasteiger partial charge in [0.15, 0.2) is 0 Å². The molecule has 94 valence electrons. The summed E-state index contributed by atoms with van der Waals surface area (Å²) in [5.74, 6) is 0.987. The molecule has 16 heavy (non-hydrogen) atoms. The Kier molecular flexibility index (Phi) is 4.15. The van der Waals surface area contributed by atoms with Crippen LogP contribution >= 0.6 is 12.4 Å². The maximum Gasteiger partial charge on any atom is 0.00386 e. The number of nitrogens with one attached hydrogen (secondary N) is 1. The maximum absolute atomic E-state index is 3.46. The Labute approximate surface area is 106 Å². The molecule has 2 saturated heterocycles. The van der Waals surface area contributed by atoms with Gasteiger partial charge in [0.25, 0.3) is 0 Å². The lowest BCUT2D eigenvalue weighted by Gasteiger charge is -2.38. The van der Waals surface area contributed by atoms with Crippen LogP contribution in [0.1, 0.15) is 38.5 Å². The molecule has 1 aliphatic carbocycles. The third kappa shape index (κ3) is 2.55. The highest BCUT2D eigenvalue weighted by molar-refractivity contribution is 5.85. The van der Waals surface area contributed by atoms with Gasteiger partial charge >= 0.3 is 0 Å². The average molecular weight is 245 g/mol. The molecule has 0 aromatic heterocycles. The Morgan fingerprint density at radius 1 is 1.12 bits per heavy atom. The fourth-order valence-corrected chi connectivity index (χ4v) is 3.70. The largest absolute Gasteiger partial charge is 0.317 e. The second-order valence-electron chi connectivity index (χ2n) is 6.03. The fraction of sp³-hybridized carbons (Fsp3) is 1.00. The zero-order chi connectivity index (χ0) is 10.1. The van der Waals surface area contributed by atoms with Crippen LogP contribution < -0.4 is 5.32 Å². The molecule has 2 heterocycles. The summed E-state index contributed by atoms with van der Waals surface area (Å²) >= 11 is 0. The van der Waals surface area contributed by atoms with Gasteiger partial charge in [-0.25, -0.2) is 0 Å². The van der Waals surface area contributed by atoms with Crippen molar-refractivity contribution >= 4 is 12.4 Å². The van der Waals surface area contributed by atoms with Crippen LogP contribution in [0, 0.1) is 11.3 Å². The van der Waals surface area contributed by atoms with Crippen LogP contribution in [0.3, 0.4) is 0 Å². The van der Waals surface area contributed by atoms with E-state index in [1.165, 1.54) is 71.2 Å². The third-order valence-corrected chi connectivity index (χ3v) is 4.91. The summed E-state index contributed by atoms with van der Waals surface area (Å²) in [4.78, 5) is 2.76. The van der Waals surface area contributed by atoms with Crippen molar-refractivity contribution in [2.75, 3.05) is 32.7 Å². The van der Waals surface area contributed by atoms with Crippen molar-refractivity contribution in [3.63, 3.8) is 0 Å². The molecule has 0 radical (unpaired) electrons. The highest BCUT2D eigenvalue weighted by atomic mass is 35.5. The van der Waals surface area contributed by atoms with Gasteiger partial charge in [0.2, 0.25) is 0 Å². The predicted octanol–water partition coefficient (Wildman–Crippen LogP) is 2.28. The quantitative estimate of drug-likeness (QED) is 0.802. The van der Waals surface area contributed by atoms with Crippen LogP contribution in [0.25, 0.3) is 0 Å². The van der Waals surface area contributed by atoms with Crippen molar-refractivity contribution in [3.8, 4) is 0 Å². The number of rotatable bonds is 2. The standard InChI is InChI=1S/C13H24N2.ClH/c1-4-13(5-1)6-9-15(11-13)10-12-2-7-14-8-3-12;/h12,14H,1-11H2;1H. The van der Waals surface area contributed by atoms with E-state index in [1.54, 1.807) is 0 Å². The first-order valence-corrected chi connectivity index (χ1v) is 6.79. The number of likely N-dealkylation sites (tertiary alicyclic amines) is 1. The molecule has 1 N–H and O–H groups in total. The Morgan fingerprint density at radius 2 is 1.88 bits per heavy atom. The molecule has 0 atom stereocenters. The molecule has 0 bridgehead atoms. The third-order valence-electron chi connectivity index (χ3n) is 4.91. The molecule has 0 amide bonds. The van der Waals surface area contributed by atoms with E-state index in [2.05, 4.69) is 10.2 Å². The lowest BCUT2D eigenvalue weighted by molar-refractivity contribution is 0.130. The van der Waals surface area contributed by atoms with Crippen LogP contribution in [0.15, 0.2) is 0 Å². The highest BCUT2D eigenvalue weighted by Gasteiger charge is 2.42. The minimum atomic E-state index is 0. The van der Waals surface area contributed by atoms with Gasteiger partial charge < -0.3 is 10.2 Å².